The molecule has 2 rings (SSSR count). The molecule has 0 amide bonds. The summed E-state index contributed by atoms with van der Waals surface area (Å²) in [4.78, 5) is 11.7. The number of benzene rings is 1. The maximum Gasteiger partial charge on any atom is 0.186 e. The van der Waals surface area contributed by atoms with E-state index in [-0.39, 0.29) is 11.2 Å². The highest BCUT2D eigenvalue weighted by Gasteiger charge is 2.08. The third-order valence-corrected chi connectivity index (χ3v) is 2.25. The minimum atomic E-state index is -0.744. The molecular formula is C10H8BFO2. The van der Waals surface area contributed by atoms with E-state index >= 15 is 0 Å². The van der Waals surface area contributed by atoms with Crippen LogP contribution in [-0.2, 0) is 6.67 Å². The lowest BCUT2D eigenvalue weighted by Gasteiger charge is -2.02. The quantitative estimate of drug-likeness (QED) is 0.613. The Labute approximate surface area is 80.8 Å². The second kappa shape index (κ2) is 3.29. The van der Waals surface area contributed by atoms with Gasteiger partial charge in [-0.1, -0.05) is 12.1 Å². The van der Waals surface area contributed by atoms with Gasteiger partial charge in [0.25, 0.3) is 0 Å². The fraction of sp³-hybridized carbons (Fsp3) is 0.100. The highest BCUT2D eigenvalue weighted by Crippen LogP contribution is 2.10. The molecule has 0 radical (unpaired) electrons. The maximum atomic E-state index is 12.5. The number of halogens is 1. The Morgan fingerprint density at radius 2 is 2.07 bits per heavy atom. The summed E-state index contributed by atoms with van der Waals surface area (Å²) in [6, 6.07) is 6.85. The van der Waals surface area contributed by atoms with Crippen molar-refractivity contribution < 1.29 is 8.81 Å². The van der Waals surface area contributed by atoms with E-state index in [9.17, 15) is 9.18 Å². The van der Waals surface area contributed by atoms with Gasteiger partial charge in [0.1, 0.15) is 25.9 Å². The monoisotopic (exact) mass is 190 g/mol. The molecule has 1 heterocycles. The van der Waals surface area contributed by atoms with Crippen LogP contribution in [0.1, 0.15) is 5.76 Å². The second-order valence-electron chi connectivity index (χ2n) is 3.11. The van der Waals surface area contributed by atoms with Gasteiger partial charge in [0.05, 0.1) is 5.39 Å². The third-order valence-electron chi connectivity index (χ3n) is 2.25. The van der Waals surface area contributed by atoms with Crippen LogP contribution in [0.25, 0.3) is 11.0 Å². The van der Waals surface area contributed by atoms with Gasteiger partial charge in [-0.15, -0.1) is 0 Å². The predicted molar refractivity (Wildman–Crippen MR) is 55.5 cm³/mol. The van der Waals surface area contributed by atoms with Crippen LogP contribution in [0.5, 0.6) is 0 Å². The van der Waals surface area contributed by atoms with Crippen LogP contribution in [0.3, 0.4) is 0 Å². The molecule has 70 valence electrons. The third kappa shape index (κ3) is 1.23. The molecule has 4 heteroatoms. The molecular weight excluding hydrogens is 182 g/mol. The van der Waals surface area contributed by atoms with Crippen LogP contribution in [-0.4, -0.2) is 7.85 Å². The molecule has 1 aromatic heterocycles. The fourth-order valence-electron chi connectivity index (χ4n) is 1.41. The predicted octanol–water partition coefficient (Wildman–Crippen LogP) is 0.521. The molecule has 0 N–H and O–H groups in total. The number of para-hydroxylation sites is 1. The molecule has 14 heavy (non-hydrogen) atoms. The molecule has 2 aromatic rings. The van der Waals surface area contributed by atoms with Gasteiger partial charge in [-0.3, -0.25) is 4.79 Å². The van der Waals surface area contributed by atoms with Gasteiger partial charge < -0.3 is 4.42 Å². The first kappa shape index (κ1) is 9.00. The number of alkyl halides is 1. The van der Waals surface area contributed by atoms with Gasteiger partial charge in [0, 0.05) is 0 Å². The van der Waals surface area contributed by atoms with E-state index in [0.717, 1.165) is 0 Å². The van der Waals surface area contributed by atoms with Crippen molar-refractivity contribution in [3.8, 4) is 0 Å². The van der Waals surface area contributed by atoms with Crippen LogP contribution in [0.2, 0.25) is 0 Å². The Hall–Kier alpha value is -1.58. The van der Waals surface area contributed by atoms with Gasteiger partial charge in [-0.05, 0) is 17.6 Å². The first-order chi connectivity index (χ1) is 6.74. The summed E-state index contributed by atoms with van der Waals surface area (Å²) in [7, 11) is 1.58. The number of fused-ring (bicyclic) bond motifs is 1. The Balaban J connectivity index is 2.92. The molecule has 1 aromatic carbocycles. The smallest absolute Gasteiger partial charge is 0.186 e. The van der Waals surface area contributed by atoms with Crippen LogP contribution >= 0.6 is 0 Å². The summed E-state index contributed by atoms with van der Waals surface area (Å²) in [5.41, 5.74) is 0.640. The molecule has 2 nitrogen and oxygen atoms in total. The molecule has 0 atom stereocenters. The van der Waals surface area contributed by atoms with Crippen LogP contribution in [0, 0.1) is 0 Å². The van der Waals surface area contributed by atoms with E-state index in [1.807, 2.05) is 0 Å². The summed E-state index contributed by atoms with van der Waals surface area (Å²) in [6.45, 7) is -0.744. The Bertz CT molecular complexity index is 533. The van der Waals surface area contributed by atoms with Gasteiger partial charge >= 0.3 is 0 Å². The van der Waals surface area contributed by atoms with Crippen LogP contribution in [0.15, 0.2) is 33.5 Å². The molecule has 0 saturated carbocycles. The average molecular weight is 190 g/mol. The van der Waals surface area contributed by atoms with Crippen molar-refractivity contribution in [3.05, 3.63) is 40.2 Å². The van der Waals surface area contributed by atoms with E-state index in [1.165, 1.54) is 0 Å². The summed E-state index contributed by atoms with van der Waals surface area (Å²) < 4.78 is 17.7. The lowest BCUT2D eigenvalue weighted by atomic mass is 9.93. The highest BCUT2D eigenvalue weighted by molar-refractivity contribution is 6.33. The molecule has 0 fully saturated rings. The fourth-order valence-corrected chi connectivity index (χ4v) is 1.41. The van der Waals surface area contributed by atoms with E-state index in [0.29, 0.717) is 16.4 Å². The van der Waals surface area contributed by atoms with E-state index in [1.54, 1.807) is 32.1 Å². The van der Waals surface area contributed by atoms with Crippen molar-refractivity contribution >= 4 is 24.3 Å². The van der Waals surface area contributed by atoms with Crippen LogP contribution in [0.4, 0.5) is 4.39 Å². The van der Waals surface area contributed by atoms with Crippen molar-refractivity contribution in [1.82, 2.24) is 0 Å². The first-order valence-electron chi connectivity index (χ1n) is 4.31. The minimum Gasteiger partial charge on any atom is -0.459 e. The summed E-state index contributed by atoms with van der Waals surface area (Å²) in [5.74, 6) is 0.119. The normalized spacial score (nSPS) is 10.6. The van der Waals surface area contributed by atoms with E-state index in [4.69, 9.17) is 4.42 Å². The second-order valence-corrected chi connectivity index (χ2v) is 3.11. The Morgan fingerprint density at radius 3 is 2.79 bits per heavy atom. The minimum absolute atomic E-state index is 0.119. The van der Waals surface area contributed by atoms with E-state index in [2.05, 4.69) is 0 Å². The van der Waals surface area contributed by atoms with Gasteiger partial charge in [-0.25, -0.2) is 4.39 Å². The Morgan fingerprint density at radius 1 is 1.36 bits per heavy atom. The number of hydrogen-bond acceptors (Lipinski definition) is 2. The summed E-state index contributed by atoms with van der Waals surface area (Å²) in [6.07, 6.45) is 0. The molecule has 0 saturated heterocycles. The van der Waals surface area contributed by atoms with Crippen molar-refractivity contribution in [2.24, 2.45) is 0 Å². The SMILES string of the molecule is Bc1c(CF)oc2ccccc2c1=O. The topological polar surface area (TPSA) is 30.2 Å². The first-order valence-corrected chi connectivity index (χ1v) is 4.31. The van der Waals surface area contributed by atoms with Gasteiger partial charge in [-0.2, -0.15) is 0 Å². The molecule has 0 aliphatic carbocycles. The van der Waals surface area contributed by atoms with Crippen LogP contribution < -0.4 is 10.9 Å². The zero-order valence-electron chi connectivity index (χ0n) is 7.71. The molecule has 0 bridgehead atoms. The summed E-state index contributed by atoms with van der Waals surface area (Å²) in [5, 5.41) is 0.502. The molecule has 0 aliphatic rings. The largest absolute Gasteiger partial charge is 0.459 e. The lowest BCUT2D eigenvalue weighted by molar-refractivity contribution is 0.404. The maximum absolute atomic E-state index is 12.5. The Kier molecular flexibility index (Phi) is 2.12. The van der Waals surface area contributed by atoms with Gasteiger partial charge in [0.15, 0.2) is 5.43 Å². The van der Waals surface area contributed by atoms with Crippen molar-refractivity contribution in [3.63, 3.8) is 0 Å². The molecule has 0 aliphatic heterocycles. The summed E-state index contributed by atoms with van der Waals surface area (Å²) >= 11 is 0. The van der Waals surface area contributed by atoms with E-state index < -0.39 is 6.67 Å². The van der Waals surface area contributed by atoms with Crippen molar-refractivity contribution in [2.45, 2.75) is 6.67 Å². The van der Waals surface area contributed by atoms with Crippen molar-refractivity contribution in [2.75, 3.05) is 0 Å². The van der Waals surface area contributed by atoms with Crippen molar-refractivity contribution in [1.29, 1.82) is 0 Å². The number of rotatable bonds is 1. The number of hydrogen-bond donors (Lipinski definition) is 0. The molecule has 0 unspecified atom stereocenters. The van der Waals surface area contributed by atoms with Gasteiger partial charge in [0.2, 0.25) is 0 Å². The standard InChI is InChI=1S/C10H8BFO2/c11-9-8(5-12)14-7-4-2-1-3-6(7)10(9)13/h1-4H,5,11H2. The molecule has 0 spiro atoms. The zero-order valence-corrected chi connectivity index (χ0v) is 7.71. The average Bonchev–Trinajstić information content (AvgIpc) is 2.23. The lowest BCUT2D eigenvalue weighted by Crippen LogP contribution is -2.28. The zero-order chi connectivity index (χ0) is 10.1. The highest BCUT2D eigenvalue weighted by atomic mass is 19.1.